The fourth-order valence-corrected chi connectivity index (χ4v) is 2.60. The molecule has 0 aromatic rings. The lowest BCUT2D eigenvalue weighted by molar-refractivity contribution is -0.149. The number of carboxylic acid groups (broad SMARTS) is 1. The van der Waals surface area contributed by atoms with Gasteiger partial charge in [0.1, 0.15) is 0 Å². The zero-order chi connectivity index (χ0) is 13.9. The van der Waals surface area contributed by atoms with Crippen LogP contribution in [0.1, 0.15) is 26.2 Å². The average molecular weight is 263 g/mol. The number of nitrogens with zero attached hydrogens (tertiary/aromatic N) is 1. The minimum Gasteiger partial charge on any atom is -0.481 e. The molecule has 0 spiro atoms. The number of rotatable bonds is 5. The Hall–Kier alpha value is -1.20. The van der Waals surface area contributed by atoms with Crippen molar-refractivity contribution in [2.45, 2.75) is 32.6 Å². The lowest BCUT2D eigenvalue weighted by atomic mass is 9.95. The number of hydrogen-bond acceptors (Lipinski definition) is 2. The Morgan fingerprint density at radius 3 is 2.33 bits per heavy atom. The van der Waals surface area contributed by atoms with Gasteiger partial charge in [-0.2, -0.15) is 0 Å². The largest absolute Gasteiger partial charge is 0.481 e. The quantitative estimate of drug-likeness (QED) is 0.823. The van der Waals surface area contributed by atoms with E-state index < -0.39 is 36.7 Å². The topological polar surface area (TPSA) is 57.6 Å². The summed E-state index contributed by atoms with van der Waals surface area (Å²) in [6.07, 6.45) is -0.831. The molecule has 1 aliphatic carbocycles. The molecule has 1 amide bonds. The maximum absolute atomic E-state index is 12.2. The molecule has 4 nitrogen and oxygen atoms in total. The first kappa shape index (κ1) is 14.9. The molecule has 0 heterocycles. The van der Waals surface area contributed by atoms with E-state index in [4.69, 9.17) is 5.11 Å². The first-order valence-corrected chi connectivity index (χ1v) is 6.12. The Labute approximate surface area is 105 Å². The van der Waals surface area contributed by atoms with Gasteiger partial charge in [-0.1, -0.05) is 13.3 Å². The average Bonchev–Trinajstić information content (AvgIpc) is 2.71. The van der Waals surface area contributed by atoms with Crippen molar-refractivity contribution < 1.29 is 23.5 Å². The molecule has 1 N–H and O–H groups in total. The number of alkyl halides is 2. The smallest absolute Gasteiger partial charge is 0.307 e. The third-order valence-electron chi connectivity index (χ3n) is 3.66. The van der Waals surface area contributed by atoms with Gasteiger partial charge in [0.25, 0.3) is 6.43 Å². The molecule has 1 rings (SSSR count). The second-order valence-electron chi connectivity index (χ2n) is 4.91. The highest BCUT2D eigenvalue weighted by Gasteiger charge is 2.43. The Morgan fingerprint density at radius 1 is 1.33 bits per heavy atom. The molecule has 1 aliphatic rings. The van der Waals surface area contributed by atoms with Gasteiger partial charge in [0.05, 0.1) is 18.4 Å². The SMILES string of the molecule is CCC1C[C@H](C(=O)N(C)CC(F)F)[C@H](C(=O)O)C1. The molecule has 0 aromatic heterocycles. The zero-order valence-corrected chi connectivity index (χ0v) is 10.6. The van der Waals surface area contributed by atoms with Crippen LogP contribution >= 0.6 is 0 Å². The van der Waals surface area contributed by atoms with Gasteiger partial charge in [0.15, 0.2) is 0 Å². The summed E-state index contributed by atoms with van der Waals surface area (Å²) in [6, 6.07) is 0. The first-order valence-electron chi connectivity index (χ1n) is 6.12. The maximum Gasteiger partial charge on any atom is 0.307 e. The van der Waals surface area contributed by atoms with Gasteiger partial charge in [0.2, 0.25) is 5.91 Å². The fraction of sp³-hybridized carbons (Fsp3) is 0.833. The lowest BCUT2D eigenvalue weighted by Crippen LogP contribution is -2.39. The maximum atomic E-state index is 12.2. The molecule has 0 saturated heterocycles. The summed E-state index contributed by atoms with van der Waals surface area (Å²) in [5.41, 5.74) is 0. The molecule has 104 valence electrons. The minimum atomic E-state index is -2.59. The van der Waals surface area contributed by atoms with E-state index in [0.717, 1.165) is 11.3 Å². The van der Waals surface area contributed by atoms with E-state index in [1.807, 2.05) is 6.92 Å². The number of amides is 1. The van der Waals surface area contributed by atoms with E-state index in [0.29, 0.717) is 12.8 Å². The molecule has 0 radical (unpaired) electrons. The van der Waals surface area contributed by atoms with Gasteiger partial charge in [-0.05, 0) is 18.8 Å². The Kier molecular flexibility index (Phi) is 5.04. The second-order valence-corrected chi connectivity index (χ2v) is 4.91. The van der Waals surface area contributed by atoms with Gasteiger partial charge in [-0.25, -0.2) is 8.78 Å². The van der Waals surface area contributed by atoms with Crippen LogP contribution in [0.5, 0.6) is 0 Å². The number of halogens is 2. The van der Waals surface area contributed by atoms with Crippen molar-refractivity contribution in [2.75, 3.05) is 13.6 Å². The Balaban J connectivity index is 2.73. The van der Waals surface area contributed by atoms with Crippen molar-refractivity contribution in [1.29, 1.82) is 0 Å². The predicted molar refractivity (Wildman–Crippen MR) is 61.3 cm³/mol. The van der Waals surface area contributed by atoms with E-state index in [1.54, 1.807) is 0 Å². The summed E-state index contributed by atoms with van der Waals surface area (Å²) in [5, 5.41) is 9.09. The molecule has 0 bridgehead atoms. The van der Waals surface area contributed by atoms with Crippen molar-refractivity contribution in [3.63, 3.8) is 0 Å². The summed E-state index contributed by atoms with van der Waals surface area (Å²) < 4.78 is 24.4. The van der Waals surface area contributed by atoms with Crippen LogP contribution in [0.25, 0.3) is 0 Å². The number of carboxylic acids is 1. The van der Waals surface area contributed by atoms with Crippen molar-refractivity contribution in [2.24, 2.45) is 17.8 Å². The van der Waals surface area contributed by atoms with Crippen LogP contribution in [0.2, 0.25) is 0 Å². The van der Waals surface area contributed by atoms with E-state index in [-0.39, 0.29) is 5.92 Å². The van der Waals surface area contributed by atoms with Gasteiger partial charge in [-0.15, -0.1) is 0 Å². The summed E-state index contributed by atoms with van der Waals surface area (Å²) in [7, 11) is 1.30. The Morgan fingerprint density at radius 2 is 1.89 bits per heavy atom. The monoisotopic (exact) mass is 263 g/mol. The highest BCUT2D eigenvalue weighted by Crippen LogP contribution is 2.39. The highest BCUT2D eigenvalue weighted by atomic mass is 19.3. The normalized spacial score (nSPS) is 27.5. The van der Waals surface area contributed by atoms with Crippen molar-refractivity contribution >= 4 is 11.9 Å². The zero-order valence-electron chi connectivity index (χ0n) is 10.6. The molecule has 1 fully saturated rings. The molecule has 1 unspecified atom stereocenters. The van der Waals surface area contributed by atoms with Crippen LogP contribution in [0.3, 0.4) is 0 Å². The van der Waals surface area contributed by atoms with Gasteiger partial charge in [0, 0.05) is 7.05 Å². The molecular weight excluding hydrogens is 244 g/mol. The molecule has 3 atom stereocenters. The molecule has 18 heavy (non-hydrogen) atoms. The number of aliphatic carboxylic acids is 1. The van der Waals surface area contributed by atoms with Crippen molar-refractivity contribution in [3.05, 3.63) is 0 Å². The number of carbonyl (C=O) groups excluding carboxylic acids is 1. The third-order valence-corrected chi connectivity index (χ3v) is 3.66. The predicted octanol–water partition coefficient (Wildman–Crippen LogP) is 1.85. The van der Waals surface area contributed by atoms with Crippen LogP contribution in [0.15, 0.2) is 0 Å². The first-order chi connectivity index (χ1) is 8.36. The van der Waals surface area contributed by atoms with Gasteiger partial charge in [-0.3, -0.25) is 9.59 Å². The molecule has 0 aromatic carbocycles. The number of carbonyl (C=O) groups is 2. The van der Waals surface area contributed by atoms with E-state index in [9.17, 15) is 18.4 Å². The van der Waals surface area contributed by atoms with Crippen LogP contribution in [-0.4, -0.2) is 41.9 Å². The highest BCUT2D eigenvalue weighted by molar-refractivity contribution is 5.85. The van der Waals surface area contributed by atoms with E-state index in [1.165, 1.54) is 7.05 Å². The summed E-state index contributed by atoms with van der Waals surface area (Å²) in [6.45, 7) is 1.30. The molecule has 1 saturated carbocycles. The van der Waals surface area contributed by atoms with Crippen LogP contribution < -0.4 is 0 Å². The van der Waals surface area contributed by atoms with Gasteiger partial charge < -0.3 is 10.0 Å². The standard InChI is InChI=1S/C12H19F2NO3/c1-3-7-4-8(9(5-7)12(17)18)11(16)15(2)6-10(13)14/h7-10H,3-6H2,1-2H3,(H,17,18)/t7?,8-,9+/m0/s1. The van der Waals surface area contributed by atoms with Crippen LogP contribution in [0, 0.1) is 17.8 Å². The van der Waals surface area contributed by atoms with E-state index >= 15 is 0 Å². The van der Waals surface area contributed by atoms with Crippen LogP contribution in [-0.2, 0) is 9.59 Å². The van der Waals surface area contributed by atoms with Crippen molar-refractivity contribution in [3.8, 4) is 0 Å². The third kappa shape index (κ3) is 3.40. The summed E-state index contributed by atoms with van der Waals surface area (Å²) >= 11 is 0. The van der Waals surface area contributed by atoms with E-state index in [2.05, 4.69) is 0 Å². The summed E-state index contributed by atoms with van der Waals surface area (Å²) in [5.74, 6) is -2.67. The molecule has 6 heteroatoms. The minimum absolute atomic E-state index is 0.194. The Bertz CT molecular complexity index is 322. The summed E-state index contributed by atoms with van der Waals surface area (Å²) in [4.78, 5) is 24.0. The molecular formula is C12H19F2NO3. The number of hydrogen-bond donors (Lipinski definition) is 1. The lowest BCUT2D eigenvalue weighted by Gasteiger charge is -2.23. The van der Waals surface area contributed by atoms with Crippen LogP contribution in [0.4, 0.5) is 8.78 Å². The van der Waals surface area contributed by atoms with Gasteiger partial charge >= 0.3 is 5.97 Å². The van der Waals surface area contributed by atoms with Crippen molar-refractivity contribution in [1.82, 2.24) is 4.90 Å². The molecule has 0 aliphatic heterocycles. The second kappa shape index (κ2) is 6.11. The fourth-order valence-electron chi connectivity index (χ4n) is 2.60.